The fourth-order valence-electron chi connectivity index (χ4n) is 2.65. The highest BCUT2D eigenvalue weighted by atomic mass is 16.6. The lowest BCUT2D eigenvalue weighted by Gasteiger charge is -2.22. The van der Waals surface area contributed by atoms with Gasteiger partial charge >= 0.3 is 0 Å². The molecule has 2 rings (SSSR count). The number of hydrogen-bond donors (Lipinski definition) is 2. The van der Waals surface area contributed by atoms with E-state index in [1.807, 2.05) is 32.0 Å². The Labute approximate surface area is 152 Å². The summed E-state index contributed by atoms with van der Waals surface area (Å²) in [7, 11) is 1.62. The summed E-state index contributed by atoms with van der Waals surface area (Å²) in [6.07, 6.45) is 0. The standard InChI is InChI=1S/C19H23N3O4/c1-12-5-10-18(26-4)17(11-12)13(2)20-14(3)19(23)21-15-6-8-16(9-7-15)22(24)25/h5-11,13-14,20H,1-4H3,(H,21,23). The molecule has 138 valence electrons. The van der Waals surface area contributed by atoms with Crippen LogP contribution in [-0.4, -0.2) is 24.0 Å². The highest BCUT2D eigenvalue weighted by molar-refractivity contribution is 5.94. The summed E-state index contributed by atoms with van der Waals surface area (Å²) in [4.78, 5) is 22.6. The Morgan fingerprint density at radius 2 is 1.81 bits per heavy atom. The van der Waals surface area contributed by atoms with Gasteiger partial charge in [0.05, 0.1) is 18.1 Å². The number of benzene rings is 2. The number of hydrogen-bond acceptors (Lipinski definition) is 5. The van der Waals surface area contributed by atoms with Gasteiger partial charge in [0.15, 0.2) is 0 Å². The van der Waals surface area contributed by atoms with Crippen molar-refractivity contribution >= 4 is 17.3 Å². The van der Waals surface area contributed by atoms with Crippen molar-refractivity contribution in [1.82, 2.24) is 5.32 Å². The zero-order chi connectivity index (χ0) is 19.3. The summed E-state index contributed by atoms with van der Waals surface area (Å²) >= 11 is 0. The fraction of sp³-hybridized carbons (Fsp3) is 0.316. The van der Waals surface area contributed by atoms with Gasteiger partial charge in [0.2, 0.25) is 5.91 Å². The first-order chi connectivity index (χ1) is 12.3. The Kier molecular flexibility index (Phi) is 6.30. The molecule has 26 heavy (non-hydrogen) atoms. The summed E-state index contributed by atoms with van der Waals surface area (Å²) < 4.78 is 5.39. The highest BCUT2D eigenvalue weighted by Gasteiger charge is 2.19. The molecule has 0 bridgehead atoms. The second-order valence-corrected chi connectivity index (χ2v) is 6.15. The van der Waals surface area contributed by atoms with E-state index in [1.165, 1.54) is 24.3 Å². The number of methoxy groups -OCH3 is 1. The lowest BCUT2D eigenvalue weighted by molar-refractivity contribution is -0.384. The Morgan fingerprint density at radius 1 is 1.15 bits per heavy atom. The molecule has 7 heteroatoms. The largest absolute Gasteiger partial charge is 0.496 e. The maximum Gasteiger partial charge on any atom is 0.269 e. The number of non-ortho nitro benzene ring substituents is 1. The molecule has 2 atom stereocenters. The third kappa shape index (κ3) is 4.80. The first-order valence-electron chi connectivity index (χ1n) is 8.27. The van der Waals surface area contributed by atoms with Crippen molar-refractivity contribution < 1.29 is 14.5 Å². The van der Waals surface area contributed by atoms with Crippen molar-refractivity contribution in [2.75, 3.05) is 12.4 Å². The summed E-state index contributed by atoms with van der Waals surface area (Å²) in [5, 5.41) is 16.7. The molecule has 0 saturated heterocycles. The van der Waals surface area contributed by atoms with Gasteiger partial charge in [-0.15, -0.1) is 0 Å². The zero-order valence-electron chi connectivity index (χ0n) is 15.3. The Hall–Kier alpha value is -2.93. The zero-order valence-corrected chi connectivity index (χ0v) is 15.3. The van der Waals surface area contributed by atoms with Gasteiger partial charge in [0, 0.05) is 29.4 Å². The Morgan fingerprint density at radius 3 is 2.38 bits per heavy atom. The van der Waals surface area contributed by atoms with Crippen molar-refractivity contribution in [2.24, 2.45) is 0 Å². The molecule has 2 N–H and O–H groups in total. The van der Waals surface area contributed by atoms with Crippen LogP contribution in [0.2, 0.25) is 0 Å². The number of amides is 1. The van der Waals surface area contributed by atoms with Gasteiger partial charge in [0.25, 0.3) is 5.69 Å². The summed E-state index contributed by atoms with van der Waals surface area (Å²) in [5.41, 5.74) is 2.57. The van der Waals surface area contributed by atoms with Crippen LogP contribution in [0.25, 0.3) is 0 Å². The van der Waals surface area contributed by atoms with Crippen molar-refractivity contribution in [3.05, 3.63) is 63.7 Å². The summed E-state index contributed by atoms with van der Waals surface area (Å²) in [6.45, 7) is 5.73. The van der Waals surface area contributed by atoms with Gasteiger partial charge in [0.1, 0.15) is 5.75 Å². The Bertz CT molecular complexity index is 790. The topological polar surface area (TPSA) is 93.5 Å². The van der Waals surface area contributed by atoms with Gasteiger partial charge in [-0.2, -0.15) is 0 Å². The van der Waals surface area contributed by atoms with Crippen molar-refractivity contribution in [3.8, 4) is 5.75 Å². The SMILES string of the molecule is COc1ccc(C)cc1C(C)NC(C)C(=O)Nc1ccc([N+](=O)[O-])cc1. The summed E-state index contributed by atoms with van der Waals surface area (Å²) in [6, 6.07) is 11.1. The monoisotopic (exact) mass is 357 g/mol. The molecule has 0 aromatic heterocycles. The van der Waals surface area contributed by atoms with Crippen LogP contribution in [0.15, 0.2) is 42.5 Å². The van der Waals surface area contributed by atoms with Crippen molar-refractivity contribution in [1.29, 1.82) is 0 Å². The molecular formula is C19H23N3O4. The number of nitrogens with one attached hydrogen (secondary N) is 2. The number of aryl methyl sites for hydroxylation is 1. The highest BCUT2D eigenvalue weighted by Crippen LogP contribution is 2.26. The van der Waals surface area contributed by atoms with E-state index in [4.69, 9.17) is 4.74 Å². The van der Waals surface area contributed by atoms with Crippen LogP contribution < -0.4 is 15.4 Å². The van der Waals surface area contributed by atoms with E-state index in [0.29, 0.717) is 5.69 Å². The molecular weight excluding hydrogens is 334 g/mol. The van der Waals surface area contributed by atoms with Gasteiger partial charge in [-0.25, -0.2) is 0 Å². The van der Waals surface area contributed by atoms with Gasteiger partial charge < -0.3 is 10.1 Å². The molecule has 0 aliphatic rings. The molecule has 0 fully saturated rings. The van der Waals surface area contributed by atoms with Crippen LogP contribution in [0.1, 0.15) is 31.0 Å². The molecule has 7 nitrogen and oxygen atoms in total. The molecule has 0 saturated carbocycles. The average molecular weight is 357 g/mol. The smallest absolute Gasteiger partial charge is 0.269 e. The summed E-state index contributed by atoms with van der Waals surface area (Å²) in [5.74, 6) is 0.538. The lowest BCUT2D eigenvalue weighted by atomic mass is 10.0. The van der Waals surface area contributed by atoms with E-state index < -0.39 is 11.0 Å². The van der Waals surface area contributed by atoms with E-state index in [9.17, 15) is 14.9 Å². The molecule has 2 unspecified atom stereocenters. The first-order valence-corrected chi connectivity index (χ1v) is 8.27. The number of carbonyl (C=O) groups excluding carboxylic acids is 1. The molecule has 2 aromatic rings. The fourth-order valence-corrected chi connectivity index (χ4v) is 2.65. The third-order valence-electron chi connectivity index (χ3n) is 4.09. The number of anilines is 1. The van der Waals surface area contributed by atoms with Crippen molar-refractivity contribution in [2.45, 2.75) is 32.9 Å². The quantitative estimate of drug-likeness (QED) is 0.583. The maximum absolute atomic E-state index is 12.4. The lowest BCUT2D eigenvalue weighted by Crippen LogP contribution is -2.39. The average Bonchev–Trinajstić information content (AvgIpc) is 2.61. The van der Waals surface area contributed by atoms with Crippen molar-refractivity contribution in [3.63, 3.8) is 0 Å². The molecule has 0 spiro atoms. The first kappa shape index (κ1) is 19.4. The minimum Gasteiger partial charge on any atom is -0.496 e. The maximum atomic E-state index is 12.4. The second-order valence-electron chi connectivity index (χ2n) is 6.15. The Balaban J connectivity index is 2.02. The van der Waals surface area contributed by atoms with Crippen LogP contribution >= 0.6 is 0 Å². The van der Waals surface area contributed by atoms with Crippen LogP contribution in [0.3, 0.4) is 0 Å². The molecule has 0 radical (unpaired) electrons. The molecule has 1 amide bonds. The van der Waals surface area contributed by atoms with Gasteiger partial charge in [-0.1, -0.05) is 17.7 Å². The minimum absolute atomic E-state index is 0.0191. The number of nitro benzene ring substituents is 1. The van der Waals surface area contributed by atoms with Crippen LogP contribution in [0.5, 0.6) is 5.75 Å². The number of nitrogens with zero attached hydrogens (tertiary/aromatic N) is 1. The normalized spacial score (nSPS) is 12.9. The van der Waals surface area contributed by atoms with Gasteiger partial charge in [-0.05, 0) is 39.0 Å². The van der Waals surface area contributed by atoms with E-state index in [1.54, 1.807) is 14.0 Å². The molecule has 0 heterocycles. The number of carbonyl (C=O) groups is 1. The number of nitro groups is 1. The van der Waals surface area contributed by atoms with Crippen LogP contribution in [0, 0.1) is 17.0 Å². The predicted molar refractivity (Wildman–Crippen MR) is 100 cm³/mol. The van der Waals surface area contributed by atoms with Crippen LogP contribution in [0.4, 0.5) is 11.4 Å². The molecule has 0 aliphatic carbocycles. The number of rotatable bonds is 7. The predicted octanol–water partition coefficient (Wildman–Crippen LogP) is 3.59. The molecule has 2 aromatic carbocycles. The van der Waals surface area contributed by atoms with E-state index in [-0.39, 0.29) is 17.6 Å². The third-order valence-corrected chi connectivity index (χ3v) is 4.09. The van der Waals surface area contributed by atoms with E-state index >= 15 is 0 Å². The van der Waals surface area contributed by atoms with Crippen LogP contribution in [-0.2, 0) is 4.79 Å². The number of ether oxygens (including phenoxy) is 1. The molecule has 0 aliphatic heterocycles. The minimum atomic E-state index is -0.479. The van der Waals surface area contributed by atoms with E-state index in [2.05, 4.69) is 10.6 Å². The second kappa shape index (κ2) is 8.44. The van der Waals surface area contributed by atoms with Gasteiger partial charge in [-0.3, -0.25) is 20.2 Å². The van der Waals surface area contributed by atoms with E-state index in [0.717, 1.165) is 16.9 Å².